The van der Waals surface area contributed by atoms with Crippen molar-refractivity contribution in [3.63, 3.8) is 0 Å². The first-order chi connectivity index (χ1) is 18.4. The summed E-state index contributed by atoms with van der Waals surface area (Å²) < 4.78 is 28.2. The quantitative estimate of drug-likeness (QED) is 0.178. The van der Waals surface area contributed by atoms with Crippen LogP contribution < -0.4 is 9.73 Å². The van der Waals surface area contributed by atoms with Crippen LogP contribution in [0.4, 0.5) is 5.69 Å². The summed E-state index contributed by atoms with van der Waals surface area (Å²) in [5.74, 6) is -0.437. The molecule has 4 rings (SSSR count). The Bertz CT molecular complexity index is 1650. The van der Waals surface area contributed by atoms with E-state index in [9.17, 15) is 13.2 Å². The topological polar surface area (TPSA) is 83.8 Å². The third kappa shape index (κ3) is 6.83. The molecule has 0 aliphatic heterocycles. The molecule has 7 nitrogen and oxygen atoms in total. The van der Waals surface area contributed by atoms with Gasteiger partial charge in [0.2, 0.25) is 10.0 Å². The molecule has 1 amide bonds. The van der Waals surface area contributed by atoms with Crippen molar-refractivity contribution in [1.29, 1.82) is 0 Å². The Morgan fingerprint density at radius 3 is 2.23 bits per heavy atom. The van der Waals surface area contributed by atoms with E-state index in [0.29, 0.717) is 26.3 Å². The first-order valence-corrected chi connectivity index (χ1v) is 14.7. The minimum atomic E-state index is -3.58. The van der Waals surface area contributed by atoms with E-state index in [0.717, 1.165) is 34.5 Å². The van der Waals surface area contributed by atoms with E-state index in [-0.39, 0.29) is 6.54 Å². The third-order valence-corrected chi connectivity index (χ3v) is 7.99. The van der Waals surface area contributed by atoms with Crippen molar-refractivity contribution in [3.05, 3.63) is 116 Å². The molecule has 0 radical (unpaired) electrons. The van der Waals surface area contributed by atoms with E-state index in [1.54, 1.807) is 72.9 Å². The number of carbonyl (C=O) groups is 1. The number of hydrogen-bond acceptors (Lipinski definition) is 4. The highest BCUT2D eigenvalue weighted by Gasteiger charge is 2.19. The molecule has 1 aromatic heterocycles. The fourth-order valence-corrected chi connectivity index (χ4v) is 5.49. The number of aryl methyl sites for hydroxylation is 1. The van der Waals surface area contributed by atoms with Gasteiger partial charge in [-0.2, -0.15) is 5.10 Å². The minimum absolute atomic E-state index is 0.130. The third-order valence-electron chi connectivity index (χ3n) is 6.05. The summed E-state index contributed by atoms with van der Waals surface area (Å²) in [5.41, 5.74) is 7.40. The van der Waals surface area contributed by atoms with E-state index in [1.165, 1.54) is 4.31 Å². The van der Waals surface area contributed by atoms with Crippen molar-refractivity contribution >= 4 is 62.6 Å². The van der Waals surface area contributed by atoms with E-state index in [4.69, 9.17) is 34.8 Å². The van der Waals surface area contributed by atoms with Gasteiger partial charge >= 0.3 is 0 Å². The molecular formula is C28H25Cl3N4O3S. The van der Waals surface area contributed by atoms with Gasteiger partial charge in [0.25, 0.3) is 5.91 Å². The molecule has 202 valence electrons. The van der Waals surface area contributed by atoms with Crippen LogP contribution in [-0.4, -0.2) is 31.4 Å². The van der Waals surface area contributed by atoms with Gasteiger partial charge in [0.05, 0.1) is 35.4 Å². The highest BCUT2D eigenvalue weighted by Crippen LogP contribution is 2.28. The first-order valence-electron chi connectivity index (χ1n) is 11.7. The number of carbonyl (C=O) groups excluding carboxylic acids is 1. The molecular weight excluding hydrogens is 579 g/mol. The summed E-state index contributed by atoms with van der Waals surface area (Å²) in [7, 11) is -3.58. The van der Waals surface area contributed by atoms with E-state index < -0.39 is 15.9 Å². The number of anilines is 1. The molecule has 0 aliphatic rings. The number of hydrazone groups is 1. The first kappa shape index (κ1) is 28.7. The van der Waals surface area contributed by atoms with Crippen LogP contribution >= 0.6 is 34.8 Å². The molecule has 1 N–H and O–H groups in total. The lowest BCUT2D eigenvalue weighted by molar-refractivity contribution is 0.0955. The van der Waals surface area contributed by atoms with Crippen LogP contribution in [0.1, 0.15) is 32.9 Å². The van der Waals surface area contributed by atoms with Gasteiger partial charge in [0, 0.05) is 32.6 Å². The molecule has 0 fully saturated rings. The van der Waals surface area contributed by atoms with Gasteiger partial charge in [0.15, 0.2) is 0 Å². The molecule has 0 aliphatic carbocycles. The maximum atomic E-state index is 12.7. The van der Waals surface area contributed by atoms with Gasteiger partial charge in [-0.25, -0.2) is 13.8 Å². The number of rotatable bonds is 8. The van der Waals surface area contributed by atoms with Gasteiger partial charge in [-0.1, -0.05) is 46.9 Å². The average molecular weight is 604 g/mol. The summed E-state index contributed by atoms with van der Waals surface area (Å²) in [6, 6.07) is 20.4. The summed E-state index contributed by atoms with van der Waals surface area (Å²) in [6.45, 7) is 3.99. The molecule has 0 bridgehead atoms. The number of amides is 1. The monoisotopic (exact) mass is 602 g/mol. The zero-order chi connectivity index (χ0) is 28.3. The Kier molecular flexibility index (Phi) is 8.71. The van der Waals surface area contributed by atoms with Crippen molar-refractivity contribution in [2.45, 2.75) is 20.4 Å². The zero-order valence-electron chi connectivity index (χ0n) is 21.3. The summed E-state index contributed by atoms with van der Waals surface area (Å²) in [4.78, 5) is 12.7. The smallest absolute Gasteiger partial charge is 0.271 e. The van der Waals surface area contributed by atoms with Crippen LogP contribution in [0.3, 0.4) is 0 Å². The molecule has 0 saturated heterocycles. The molecule has 0 atom stereocenters. The number of hydrogen-bond donors (Lipinski definition) is 1. The summed E-state index contributed by atoms with van der Waals surface area (Å²) >= 11 is 18.5. The second-order valence-electron chi connectivity index (χ2n) is 8.90. The average Bonchev–Trinajstić information content (AvgIpc) is 3.17. The SMILES string of the molecule is Cc1cc(/C=N\NC(=O)c2ccc(N(Cc3ccc(Cl)cc3)S(C)(=O)=O)cc2)c(C)n1-c1cc(Cl)ccc1Cl. The number of halogens is 3. The van der Waals surface area contributed by atoms with Gasteiger partial charge in [-0.3, -0.25) is 9.10 Å². The van der Waals surface area contributed by atoms with Crippen LogP contribution in [-0.2, 0) is 16.6 Å². The Hall–Kier alpha value is -3.30. The molecule has 3 aromatic carbocycles. The highest BCUT2D eigenvalue weighted by atomic mass is 35.5. The predicted molar refractivity (Wildman–Crippen MR) is 159 cm³/mol. The Balaban J connectivity index is 1.48. The summed E-state index contributed by atoms with van der Waals surface area (Å²) in [5, 5.41) is 5.81. The normalized spacial score (nSPS) is 11.6. The Morgan fingerprint density at radius 2 is 1.59 bits per heavy atom. The summed E-state index contributed by atoms with van der Waals surface area (Å²) in [6.07, 6.45) is 2.69. The zero-order valence-corrected chi connectivity index (χ0v) is 24.4. The van der Waals surface area contributed by atoms with E-state index in [1.807, 2.05) is 24.5 Å². The van der Waals surface area contributed by atoms with Crippen LogP contribution in [0.15, 0.2) is 77.9 Å². The van der Waals surface area contributed by atoms with E-state index >= 15 is 0 Å². The minimum Gasteiger partial charge on any atom is -0.316 e. The molecule has 4 aromatic rings. The van der Waals surface area contributed by atoms with Gasteiger partial charge in [-0.05, 0) is 80.1 Å². The van der Waals surface area contributed by atoms with Crippen molar-refractivity contribution in [2.24, 2.45) is 5.10 Å². The maximum Gasteiger partial charge on any atom is 0.271 e. The second kappa shape index (κ2) is 11.8. The number of nitrogens with zero attached hydrogens (tertiary/aromatic N) is 3. The largest absolute Gasteiger partial charge is 0.316 e. The van der Waals surface area contributed by atoms with Crippen molar-refractivity contribution in [2.75, 3.05) is 10.6 Å². The van der Waals surface area contributed by atoms with Gasteiger partial charge in [-0.15, -0.1) is 0 Å². The lowest BCUT2D eigenvalue weighted by Gasteiger charge is -2.22. The second-order valence-corrected chi connectivity index (χ2v) is 12.1. The van der Waals surface area contributed by atoms with Gasteiger partial charge in [0.1, 0.15) is 0 Å². The van der Waals surface area contributed by atoms with Crippen molar-refractivity contribution < 1.29 is 13.2 Å². The number of benzene rings is 3. The Labute approximate surface area is 242 Å². The molecule has 39 heavy (non-hydrogen) atoms. The Morgan fingerprint density at radius 1 is 0.949 bits per heavy atom. The number of aromatic nitrogens is 1. The van der Waals surface area contributed by atoms with Crippen LogP contribution in [0.25, 0.3) is 5.69 Å². The van der Waals surface area contributed by atoms with Crippen LogP contribution in [0.5, 0.6) is 0 Å². The van der Waals surface area contributed by atoms with Gasteiger partial charge < -0.3 is 4.57 Å². The lowest BCUT2D eigenvalue weighted by Crippen LogP contribution is -2.29. The predicted octanol–water partition coefficient (Wildman–Crippen LogP) is 6.78. The molecule has 1 heterocycles. The fourth-order valence-electron chi connectivity index (χ4n) is 4.11. The number of nitrogens with one attached hydrogen (secondary N) is 1. The molecule has 11 heteroatoms. The maximum absolute atomic E-state index is 12.7. The number of sulfonamides is 1. The van der Waals surface area contributed by atoms with Crippen molar-refractivity contribution in [3.8, 4) is 5.69 Å². The molecule has 0 unspecified atom stereocenters. The van der Waals surface area contributed by atoms with E-state index in [2.05, 4.69) is 10.5 Å². The van der Waals surface area contributed by atoms with Crippen LogP contribution in [0, 0.1) is 13.8 Å². The standard InChI is InChI=1S/C28H25Cl3N4O3S/c1-18-14-22(19(2)35(18)27-15-24(30)10-13-26(27)31)16-32-33-28(36)21-6-11-25(12-7-21)34(39(3,37)38)17-20-4-8-23(29)9-5-20/h4-16H,17H2,1-3H3,(H,33,36)/b32-16-. The highest BCUT2D eigenvalue weighted by molar-refractivity contribution is 7.92. The molecule has 0 saturated carbocycles. The van der Waals surface area contributed by atoms with Crippen LogP contribution in [0.2, 0.25) is 15.1 Å². The van der Waals surface area contributed by atoms with Crippen molar-refractivity contribution in [1.82, 2.24) is 9.99 Å². The lowest BCUT2D eigenvalue weighted by atomic mass is 10.2. The fraction of sp³-hybridized carbons (Fsp3) is 0.143. The molecule has 0 spiro atoms.